The highest BCUT2D eigenvalue weighted by Gasteiger charge is 2.32. The molecule has 1 aliphatic rings. The van der Waals surface area contributed by atoms with E-state index < -0.39 is 5.60 Å². The summed E-state index contributed by atoms with van der Waals surface area (Å²) in [7, 11) is 2.06. The summed E-state index contributed by atoms with van der Waals surface area (Å²) in [5.41, 5.74) is 1.91. The van der Waals surface area contributed by atoms with Gasteiger partial charge < -0.3 is 15.3 Å². The zero-order valence-electron chi connectivity index (χ0n) is 13.3. The minimum absolute atomic E-state index is 0.489. The Labute approximate surface area is 136 Å². The van der Waals surface area contributed by atoms with Crippen LogP contribution in [0.3, 0.4) is 0 Å². The lowest BCUT2D eigenvalue weighted by molar-refractivity contribution is 0.0559. The number of aliphatic hydroxyl groups is 1. The molecule has 0 atom stereocenters. The fourth-order valence-electron chi connectivity index (χ4n) is 3.01. The van der Waals surface area contributed by atoms with Crippen molar-refractivity contribution in [2.45, 2.75) is 57.7 Å². The summed E-state index contributed by atoms with van der Waals surface area (Å²) in [6, 6.07) is 6.95. The first-order valence-corrected chi connectivity index (χ1v) is 8.64. The van der Waals surface area contributed by atoms with Crippen LogP contribution >= 0.6 is 15.9 Å². The van der Waals surface area contributed by atoms with Gasteiger partial charge in [-0.3, -0.25) is 0 Å². The predicted molar refractivity (Wildman–Crippen MR) is 92.8 cm³/mol. The van der Waals surface area contributed by atoms with Crippen molar-refractivity contribution in [3.63, 3.8) is 0 Å². The number of anilines is 1. The number of hydrogen-bond acceptors (Lipinski definition) is 3. The second-order valence-corrected chi connectivity index (χ2v) is 7.46. The third-order valence-corrected chi connectivity index (χ3v) is 4.84. The molecule has 1 aromatic rings. The van der Waals surface area contributed by atoms with Crippen LogP contribution in [0.5, 0.6) is 0 Å². The van der Waals surface area contributed by atoms with Crippen LogP contribution in [0, 0.1) is 0 Å². The molecule has 0 radical (unpaired) electrons. The molecule has 2 rings (SSSR count). The monoisotopic (exact) mass is 354 g/mol. The van der Waals surface area contributed by atoms with Gasteiger partial charge in [0.2, 0.25) is 0 Å². The highest BCUT2D eigenvalue weighted by molar-refractivity contribution is 9.10. The minimum Gasteiger partial charge on any atom is -0.388 e. The lowest BCUT2D eigenvalue weighted by Crippen LogP contribution is -2.39. The third-order valence-electron chi connectivity index (χ3n) is 4.20. The van der Waals surface area contributed by atoms with E-state index >= 15 is 0 Å². The van der Waals surface area contributed by atoms with Crippen LogP contribution in [0.25, 0.3) is 0 Å². The van der Waals surface area contributed by atoms with Gasteiger partial charge in [-0.1, -0.05) is 32.8 Å². The van der Waals surface area contributed by atoms with Crippen molar-refractivity contribution >= 4 is 21.6 Å². The molecule has 1 aromatic carbocycles. The first-order valence-electron chi connectivity index (χ1n) is 7.85. The van der Waals surface area contributed by atoms with Crippen molar-refractivity contribution in [2.24, 2.45) is 0 Å². The van der Waals surface area contributed by atoms with E-state index in [2.05, 4.69) is 65.2 Å². The first kappa shape index (κ1) is 16.8. The lowest BCUT2D eigenvalue weighted by atomic mass is 10.0. The summed E-state index contributed by atoms with van der Waals surface area (Å²) in [5, 5.41) is 14.0. The highest BCUT2D eigenvalue weighted by atomic mass is 79.9. The maximum atomic E-state index is 10.5. The summed E-state index contributed by atoms with van der Waals surface area (Å²) in [5.74, 6) is 0. The fourth-order valence-corrected chi connectivity index (χ4v) is 3.74. The summed E-state index contributed by atoms with van der Waals surface area (Å²) < 4.78 is 1.09. The van der Waals surface area contributed by atoms with Gasteiger partial charge in [-0.25, -0.2) is 0 Å². The molecular weight excluding hydrogens is 328 g/mol. The van der Waals surface area contributed by atoms with Crippen molar-refractivity contribution < 1.29 is 5.11 Å². The largest absolute Gasteiger partial charge is 0.388 e. The van der Waals surface area contributed by atoms with E-state index in [0.717, 1.165) is 42.4 Å². The van der Waals surface area contributed by atoms with Crippen molar-refractivity contribution in [1.82, 2.24) is 5.32 Å². The van der Waals surface area contributed by atoms with Gasteiger partial charge in [0, 0.05) is 30.7 Å². The number of nitrogens with one attached hydrogen (secondary N) is 1. The molecule has 0 amide bonds. The van der Waals surface area contributed by atoms with E-state index in [1.807, 2.05) is 0 Å². The molecule has 0 aromatic heterocycles. The van der Waals surface area contributed by atoms with Crippen LogP contribution in [-0.2, 0) is 6.54 Å². The van der Waals surface area contributed by atoms with Gasteiger partial charge in [0.25, 0.3) is 0 Å². The number of likely N-dealkylation sites (N-methyl/N-ethyl adjacent to an activating group) is 1. The summed E-state index contributed by atoms with van der Waals surface area (Å²) in [6.07, 6.45) is 4.13. The Bertz CT molecular complexity index is 470. The van der Waals surface area contributed by atoms with Crippen molar-refractivity contribution in [3.05, 3.63) is 28.2 Å². The van der Waals surface area contributed by atoms with Gasteiger partial charge in [-0.05, 0) is 46.5 Å². The number of halogens is 1. The molecule has 0 spiro atoms. The molecule has 118 valence electrons. The second kappa shape index (κ2) is 7.12. The Morgan fingerprint density at radius 3 is 2.57 bits per heavy atom. The van der Waals surface area contributed by atoms with E-state index in [-0.39, 0.29) is 0 Å². The number of nitrogens with zero attached hydrogens (tertiary/aromatic N) is 1. The Hall–Kier alpha value is -0.580. The van der Waals surface area contributed by atoms with E-state index in [0.29, 0.717) is 12.6 Å². The molecule has 0 heterocycles. The van der Waals surface area contributed by atoms with Gasteiger partial charge in [0.15, 0.2) is 0 Å². The van der Waals surface area contributed by atoms with Gasteiger partial charge in [0.1, 0.15) is 0 Å². The zero-order chi connectivity index (χ0) is 15.5. The average molecular weight is 355 g/mol. The topological polar surface area (TPSA) is 35.5 Å². The summed E-state index contributed by atoms with van der Waals surface area (Å²) >= 11 is 3.67. The smallest absolute Gasteiger partial charge is 0.0821 e. The number of hydrogen-bond donors (Lipinski definition) is 2. The number of benzene rings is 1. The maximum absolute atomic E-state index is 10.5. The normalized spacial score (nSPS) is 17.4. The van der Waals surface area contributed by atoms with E-state index in [9.17, 15) is 5.11 Å². The third kappa shape index (κ3) is 4.70. The molecule has 0 aliphatic heterocycles. The zero-order valence-corrected chi connectivity index (χ0v) is 14.9. The molecule has 1 fully saturated rings. The molecule has 0 bridgehead atoms. The minimum atomic E-state index is -0.508. The molecule has 0 saturated heterocycles. The molecule has 0 unspecified atom stereocenters. The molecule has 1 saturated carbocycles. The Kier molecular flexibility index (Phi) is 5.69. The van der Waals surface area contributed by atoms with Crippen LogP contribution in [0.15, 0.2) is 22.7 Å². The summed E-state index contributed by atoms with van der Waals surface area (Å²) in [6.45, 7) is 5.89. The van der Waals surface area contributed by atoms with Crippen molar-refractivity contribution in [3.8, 4) is 0 Å². The van der Waals surface area contributed by atoms with Gasteiger partial charge in [0.05, 0.1) is 11.3 Å². The Morgan fingerprint density at radius 1 is 1.33 bits per heavy atom. The SMILES string of the molecule is CC(C)NCc1ccc(N(C)CC2(O)CCCC2)c(Br)c1. The van der Waals surface area contributed by atoms with E-state index in [4.69, 9.17) is 0 Å². The van der Waals surface area contributed by atoms with Gasteiger partial charge >= 0.3 is 0 Å². The quantitative estimate of drug-likeness (QED) is 0.817. The van der Waals surface area contributed by atoms with Crippen LogP contribution < -0.4 is 10.2 Å². The fraction of sp³-hybridized carbons (Fsp3) is 0.647. The Morgan fingerprint density at radius 2 is 2.00 bits per heavy atom. The standard InChI is InChI=1S/C17H27BrN2O/c1-13(2)19-11-14-6-7-16(15(18)10-14)20(3)12-17(21)8-4-5-9-17/h6-7,10,13,19,21H,4-5,8-9,11-12H2,1-3H3. The maximum Gasteiger partial charge on any atom is 0.0821 e. The first-order chi connectivity index (χ1) is 9.89. The molecule has 21 heavy (non-hydrogen) atoms. The van der Waals surface area contributed by atoms with E-state index in [1.54, 1.807) is 0 Å². The van der Waals surface area contributed by atoms with Crippen LogP contribution in [0.4, 0.5) is 5.69 Å². The molecule has 3 nitrogen and oxygen atoms in total. The molecular formula is C17H27BrN2O. The van der Waals surface area contributed by atoms with Crippen LogP contribution in [-0.4, -0.2) is 30.3 Å². The van der Waals surface area contributed by atoms with Gasteiger partial charge in [-0.15, -0.1) is 0 Å². The summed E-state index contributed by atoms with van der Waals surface area (Å²) in [4.78, 5) is 2.16. The molecule has 2 N–H and O–H groups in total. The van der Waals surface area contributed by atoms with Crippen LogP contribution in [0.2, 0.25) is 0 Å². The molecule has 1 aliphatic carbocycles. The lowest BCUT2D eigenvalue weighted by Gasteiger charge is -2.30. The Balaban J connectivity index is 2.02. The highest BCUT2D eigenvalue weighted by Crippen LogP contribution is 2.33. The van der Waals surface area contributed by atoms with Crippen molar-refractivity contribution in [1.29, 1.82) is 0 Å². The molecule has 4 heteroatoms. The number of rotatable bonds is 6. The van der Waals surface area contributed by atoms with Gasteiger partial charge in [-0.2, -0.15) is 0 Å². The second-order valence-electron chi connectivity index (χ2n) is 6.61. The van der Waals surface area contributed by atoms with E-state index in [1.165, 1.54) is 5.56 Å². The average Bonchev–Trinajstić information content (AvgIpc) is 2.82. The predicted octanol–water partition coefficient (Wildman–Crippen LogP) is 3.69. The van der Waals surface area contributed by atoms with Crippen molar-refractivity contribution in [2.75, 3.05) is 18.5 Å². The van der Waals surface area contributed by atoms with Crippen LogP contribution in [0.1, 0.15) is 45.1 Å².